The van der Waals surface area contributed by atoms with E-state index < -0.39 is 23.0 Å². The molecule has 3 rings (SSSR count). The minimum atomic E-state index is -0.858. The van der Waals surface area contributed by atoms with Crippen molar-refractivity contribution in [2.75, 3.05) is 6.61 Å². The van der Waals surface area contributed by atoms with E-state index >= 15 is 0 Å². The van der Waals surface area contributed by atoms with E-state index in [2.05, 4.69) is 6.92 Å². The van der Waals surface area contributed by atoms with Crippen molar-refractivity contribution in [3.63, 3.8) is 0 Å². The van der Waals surface area contributed by atoms with Crippen molar-refractivity contribution < 1.29 is 23.4 Å². The fraction of sp³-hybridized carbons (Fsp3) is 0.480. The number of carboxylic acids is 1. The zero-order valence-electron chi connectivity index (χ0n) is 17.5. The first kappa shape index (κ1) is 22.4. The Labute approximate surface area is 177 Å². The van der Waals surface area contributed by atoms with Crippen molar-refractivity contribution in [1.82, 2.24) is 0 Å². The van der Waals surface area contributed by atoms with Crippen LogP contribution in [0.1, 0.15) is 62.1 Å². The topological polar surface area (TPSA) is 46.5 Å². The second kappa shape index (κ2) is 10.2. The summed E-state index contributed by atoms with van der Waals surface area (Å²) in [5.41, 5.74) is 1.75. The van der Waals surface area contributed by atoms with Gasteiger partial charge in [0.15, 0.2) is 11.6 Å². The molecule has 0 saturated heterocycles. The molecule has 3 nitrogen and oxygen atoms in total. The summed E-state index contributed by atoms with van der Waals surface area (Å²) in [6.07, 6.45) is 6.22. The number of unbranched alkanes of at least 4 members (excludes halogenated alkanes) is 1. The molecule has 0 heterocycles. The Bertz CT molecular complexity index is 840. The van der Waals surface area contributed by atoms with Crippen LogP contribution in [0.15, 0.2) is 42.5 Å². The van der Waals surface area contributed by atoms with E-state index in [4.69, 9.17) is 4.74 Å². The number of aryl methyl sites for hydroxylation is 2. The van der Waals surface area contributed by atoms with E-state index in [1.54, 1.807) is 6.07 Å². The van der Waals surface area contributed by atoms with Crippen molar-refractivity contribution in [2.24, 2.45) is 0 Å². The van der Waals surface area contributed by atoms with Crippen molar-refractivity contribution in [2.45, 2.75) is 69.8 Å². The molecule has 0 aliphatic heterocycles. The summed E-state index contributed by atoms with van der Waals surface area (Å²) in [4.78, 5) is 12.2. The van der Waals surface area contributed by atoms with Gasteiger partial charge in [-0.25, -0.2) is 8.78 Å². The second-order valence-corrected chi connectivity index (χ2v) is 8.26. The van der Waals surface area contributed by atoms with Crippen molar-refractivity contribution in [3.05, 3.63) is 70.8 Å². The molecular weight excluding hydrogens is 386 g/mol. The molecular formula is C25H30F2O3. The maximum Gasteiger partial charge on any atom is 0.314 e. The number of carbonyl (C=O) groups is 1. The van der Waals surface area contributed by atoms with E-state index in [0.717, 1.165) is 55.0 Å². The lowest BCUT2D eigenvalue weighted by molar-refractivity contribution is -0.146. The van der Waals surface area contributed by atoms with Gasteiger partial charge in [-0.1, -0.05) is 43.7 Å². The first-order valence-corrected chi connectivity index (χ1v) is 10.8. The Morgan fingerprint density at radius 2 is 1.67 bits per heavy atom. The number of halogens is 2. The molecule has 0 aromatic heterocycles. The third-order valence-corrected chi connectivity index (χ3v) is 6.24. The van der Waals surface area contributed by atoms with Gasteiger partial charge in [0.1, 0.15) is 0 Å². The Hall–Kier alpha value is -2.27. The summed E-state index contributed by atoms with van der Waals surface area (Å²) < 4.78 is 32.3. The molecule has 0 spiro atoms. The Balaban J connectivity index is 1.62. The SMILES string of the molecule is CCCCOC1CCC(C(=O)O)(c2ccc(CCc3ccc(F)c(F)c3)cc2)CC1. The average molecular weight is 417 g/mol. The monoisotopic (exact) mass is 416 g/mol. The molecule has 1 N–H and O–H groups in total. The summed E-state index contributed by atoms with van der Waals surface area (Å²) in [6.45, 7) is 2.87. The molecule has 1 fully saturated rings. The van der Waals surface area contributed by atoms with E-state index in [1.807, 2.05) is 24.3 Å². The number of hydrogen-bond acceptors (Lipinski definition) is 2. The molecule has 1 aliphatic carbocycles. The third kappa shape index (κ3) is 5.25. The Kier molecular flexibility index (Phi) is 7.59. The van der Waals surface area contributed by atoms with Crippen LogP contribution in [0.5, 0.6) is 0 Å². The van der Waals surface area contributed by atoms with Gasteiger partial charge >= 0.3 is 5.97 Å². The standard InChI is InChI=1S/C25H30F2O3/c1-2-3-16-30-21-12-14-25(15-13-21,24(28)29)20-9-6-18(7-10-20)4-5-19-8-11-22(26)23(27)17-19/h6-11,17,21H,2-5,12-16H2,1H3,(H,28,29). The van der Waals surface area contributed by atoms with E-state index in [9.17, 15) is 18.7 Å². The first-order chi connectivity index (χ1) is 14.4. The Morgan fingerprint density at radius 1 is 1.03 bits per heavy atom. The number of hydrogen-bond donors (Lipinski definition) is 1. The van der Waals surface area contributed by atoms with Crippen LogP contribution in [0, 0.1) is 11.6 Å². The molecule has 5 heteroatoms. The molecule has 1 saturated carbocycles. The van der Waals surface area contributed by atoms with Crippen LogP contribution in [-0.4, -0.2) is 23.8 Å². The first-order valence-electron chi connectivity index (χ1n) is 10.8. The van der Waals surface area contributed by atoms with E-state index in [-0.39, 0.29) is 6.10 Å². The van der Waals surface area contributed by atoms with Gasteiger partial charge in [-0.15, -0.1) is 0 Å². The van der Waals surface area contributed by atoms with Crippen molar-refractivity contribution in [1.29, 1.82) is 0 Å². The molecule has 162 valence electrons. The van der Waals surface area contributed by atoms with Gasteiger partial charge < -0.3 is 9.84 Å². The molecule has 0 radical (unpaired) electrons. The summed E-state index contributed by atoms with van der Waals surface area (Å²) in [5, 5.41) is 10.0. The van der Waals surface area contributed by atoms with Crippen LogP contribution in [0.4, 0.5) is 8.78 Å². The molecule has 0 bridgehead atoms. The lowest BCUT2D eigenvalue weighted by Gasteiger charge is -2.37. The predicted molar refractivity (Wildman–Crippen MR) is 113 cm³/mol. The van der Waals surface area contributed by atoms with Crippen LogP contribution in [0.25, 0.3) is 0 Å². The summed E-state index contributed by atoms with van der Waals surface area (Å²) in [5.74, 6) is -2.45. The summed E-state index contributed by atoms with van der Waals surface area (Å²) in [7, 11) is 0. The zero-order chi connectivity index (χ0) is 21.6. The highest BCUT2D eigenvalue weighted by atomic mass is 19.2. The van der Waals surface area contributed by atoms with Gasteiger partial charge in [0.2, 0.25) is 0 Å². The quantitative estimate of drug-likeness (QED) is 0.523. The predicted octanol–water partition coefficient (Wildman–Crippen LogP) is 5.83. The molecule has 2 aromatic carbocycles. The highest BCUT2D eigenvalue weighted by Gasteiger charge is 2.43. The lowest BCUT2D eigenvalue weighted by Crippen LogP contribution is -2.41. The van der Waals surface area contributed by atoms with Crippen molar-refractivity contribution in [3.8, 4) is 0 Å². The number of rotatable bonds is 9. The number of ether oxygens (including phenoxy) is 1. The molecule has 0 amide bonds. The van der Waals surface area contributed by atoms with Gasteiger partial charge in [0, 0.05) is 6.61 Å². The van der Waals surface area contributed by atoms with Gasteiger partial charge in [-0.05, 0) is 73.8 Å². The van der Waals surface area contributed by atoms with Crippen LogP contribution in [-0.2, 0) is 27.8 Å². The maximum atomic E-state index is 13.4. The fourth-order valence-corrected chi connectivity index (χ4v) is 4.25. The molecule has 0 unspecified atom stereocenters. The van der Waals surface area contributed by atoms with Gasteiger partial charge in [-0.2, -0.15) is 0 Å². The lowest BCUT2D eigenvalue weighted by atomic mass is 9.68. The largest absolute Gasteiger partial charge is 0.481 e. The third-order valence-electron chi connectivity index (χ3n) is 6.24. The average Bonchev–Trinajstić information content (AvgIpc) is 2.75. The summed E-state index contributed by atoms with van der Waals surface area (Å²) >= 11 is 0. The summed E-state index contributed by atoms with van der Waals surface area (Å²) in [6, 6.07) is 11.7. The normalized spacial score (nSPS) is 21.5. The Morgan fingerprint density at radius 3 is 2.27 bits per heavy atom. The zero-order valence-corrected chi connectivity index (χ0v) is 17.5. The highest BCUT2D eigenvalue weighted by molar-refractivity contribution is 5.81. The highest BCUT2D eigenvalue weighted by Crippen LogP contribution is 2.41. The molecule has 0 atom stereocenters. The van der Waals surface area contributed by atoms with E-state index in [0.29, 0.717) is 25.7 Å². The van der Waals surface area contributed by atoms with Crippen LogP contribution in [0.2, 0.25) is 0 Å². The van der Waals surface area contributed by atoms with Crippen molar-refractivity contribution >= 4 is 5.97 Å². The minimum absolute atomic E-state index is 0.152. The minimum Gasteiger partial charge on any atom is -0.481 e. The molecule has 1 aliphatic rings. The van der Waals surface area contributed by atoms with E-state index in [1.165, 1.54) is 6.07 Å². The fourth-order valence-electron chi connectivity index (χ4n) is 4.25. The molecule has 30 heavy (non-hydrogen) atoms. The van der Waals surface area contributed by atoms with Gasteiger partial charge in [0.05, 0.1) is 11.5 Å². The number of aliphatic carboxylic acids is 1. The second-order valence-electron chi connectivity index (χ2n) is 8.26. The van der Waals surface area contributed by atoms with Crippen LogP contribution < -0.4 is 0 Å². The van der Waals surface area contributed by atoms with Gasteiger partial charge in [0.25, 0.3) is 0 Å². The van der Waals surface area contributed by atoms with Gasteiger partial charge in [-0.3, -0.25) is 4.79 Å². The maximum absolute atomic E-state index is 13.4. The number of carboxylic acid groups (broad SMARTS) is 1. The van der Waals surface area contributed by atoms with Crippen LogP contribution in [0.3, 0.4) is 0 Å². The molecule has 2 aromatic rings. The smallest absolute Gasteiger partial charge is 0.314 e. The number of benzene rings is 2. The van der Waals surface area contributed by atoms with Crippen LogP contribution >= 0.6 is 0 Å².